The summed E-state index contributed by atoms with van der Waals surface area (Å²) in [6.45, 7) is 11.5. The van der Waals surface area contributed by atoms with E-state index in [0.717, 1.165) is 59.6 Å². The van der Waals surface area contributed by atoms with Gasteiger partial charge in [-0.1, -0.05) is 32.9 Å². The van der Waals surface area contributed by atoms with Gasteiger partial charge in [0.25, 0.3) is 0 Å². The van der Waals surface area contributed by atoms with Gasteiger partial charge in [0.2, 0.25) is 10.0 Å². The molecule has 0 bridgehead atoms. The van der Waals surface area contributed by atoms with Gasteiger partial charge >= 0.3 is 0 Å². The number of H-pyrrole nitrogens is 1. The Kier molecular flexibility index (Phi) is 7.38. The normalized spacial score (nSPS) is 14.8. The number of fused-ring (bicyclic) bond motifs is 3. The summed E-state index contributed by atoms with van der Waals surface area (Å²) in [5, 5.41) is 1.22. The summed E-state index contributed by atoms with van der Waals surface area (Å²) in [6.07, 6.45) is 2.75. The second kappa shape index (κ2) is 10.2. The van der Waals surface area contributed by atoms with Gasteiger partial charge in [-0.2, -0.15) is 4.31 Å². The molecule has 188 valence electrons. The van der Waals surface area contributed by atoms with E-state index in [4.69, 9.17) is 9.73 Å². The first-order chi connectivity index (χ1) is 16.7. The SMILES string of the molecule is CCN(CC)S(=O)(=O)c1c(C)cc(C(C)CCC2=NCCc3c2[nH]c2ccc(OC)cc32)cc1C. The average Bonchev–Trinajstić information content (AvgIpc) is 3.20. The van der Waals surface area contributed by atoms with E-state index >= 15 is 0 Å². The van der Waals surface area contributed by atoms with Crippen LogP contribution in [0.25, 0.3) is 10.9 Å². The molecule has 1 aliphatic heterocycles. The molecule has 35 heavy (non-hydrogen) atoms. The molecule has 1 aliphatic rings. The van der Waals surface area contributed by atoms with Gasteiger partial charge in [0, 0.05) is 30.5 Å². The molecule has 0 radical (unpaired) electrons. The van der Waals surface area contributed by atoms with Crippen LogP contribution < -0.4 is 4.74 Å². The number of rotatable bonds is 9. The first-order valence-corrected chi connectivity index (χ1v) is 14.0. The summed E-state index contributed by atoms with van der Waals surface area (Å²) in [7, 11) is -1.79. The largest absolute Gasteiger partial charge is 0.497 e. The van der Waals surface area contributed by atoms with Crippen LogP contribution in [0.1, 0.15) is 67.5 Å². The van der Waals surface area contributed by atoms with Gasteiger partial charge in [0.15, 0.2) is 0 Å². The average molecular weight is 496 g/mol. The maximum absolute atomic E-state index is 13.2. The van der Waals surface area contributed by atoms with Crippen LogP contribution in [0.15, 0.2) is 40.2 Å². The molecular weight excluding hydrogens is 458 g/mol. The number of methoxy groups -OCH3 is 1. The molecule has 0 saturated heterocycles. The fourth-order valence-electron chi connectivity index (χ4n) is 5.33. The lowest BCUT2D eigenvalue weighted by atomic mass is 9.91. The van der Waals surface area contributed by atoms with Crippen LogP contribution in [-0.4, -0.2) is 50.2 Å². The number of ether oxygens (including phenoxy) is 1. The van der Waals surface area contributed by atoms with Crippen molar-refractivity contribution in [3.8, 4) is 5.75 Å². The summed E-state index contributed by atoms with van der Waals surface area (Å²) in [6, 6.07) is 10.3. The predicted molar refractivity (Wildman–Crippen MR) is 144 cm³/mol. The Labute approximate surface area is 209 Å². The zero-order valence-electron chi connectivity index (χ0n) is 21.7. The smallest absolute Gasteiger partial charge is 0.243 e. The van der Waals surface area contributed by atoms with E-state index < -0.39 is 10.0 Å². The highest BCUT2D eigenvalue weighted by atomic mass is 32.2. The Balaban J connectivity index is 1.55. The van der Waals surface area contributed by atoms with Gasteiger partial charge in [-0.05, 0) is 79.5 Å². The molecule has 2 aromatic carbocycles. The van der Waals surface area contributed by atoms with Crippen molar-refractivity contribution in [3.63, 3.8) is 0 Å². The number of aromatic amines is 1. The van der Waals surface area contributed by atoms with Crippen LogP contribution in [0.5, 0.6) is 5.75 Å². The summed E-state index contributed by atoms with van der Waals surface area (Å²) < 4.78 is 33.3. The zero-order valence-corrected chi connectivity index (χ0v) is 22.6. The molecule has 6 nitrogen and oxygen atoms in total. The Morgan fingerprint density at radius 1 is 1.11 bits per heavy atom. The molecule has 0 amide bonds. The predicted octanol–water partition coefficient (Wildman–Crippen LogP) is 5.75. The number of aliphatic imine (C=N–C) groups is 1. The molecule has 4 rings (SSSR count). The van der Waals surface area contributed by atoms with Crippen molar-refractivity contribution in [2.75, 3.05) is 26.7 Å². The molecule has 0 saturated carbocycles. The minimum absolute atomic E-state index is 0.287. The lowest BCUT2D eigenvalue weighted by Gasteiger charge is -2.23. The van der Waals surface area contributed by atoms with Gasteiger partial charge in [-0.15, -0.1) is 0 Å². The van der Waals surface area contributed by atoms with Crippen molar-refractivity contribution in [2.24, 2.45) is 4.99 Å². The van der Waals surface area contributed by atoms with Crippen LogP contribution in [0.2, 0.25) is 0 Å². The fourth-order valence-corrected chi connectivity index (χ4v) is 7.20. The van der Waals surface area contributed by atoms with Crippen LogP contribution in [0.3, 0.4) is 0 Å². The Bertz CT molecular complexity index is 1340. The molecule has 1 atom stereocenters. The fraction of sp³-hybridized carbons (Fsp3) is 0.464. The number of sulfonamides is 1. The molecule has 0 spiro atoms. The molecule has 3 aromatic rings. The first-order valence-electron chi connectivity index (χ1n) is 12.5. The highest BCUT2D eigenvalue weighted by molar-refractivity contribution is 7.89. The number of hydrogen-bond donors (Lipinski definition) is 1. The zero-order chi connectivity index (χ0) is 25.3. The van der Waals surface area contributed by atoms with Crippen LogP contribution >= 0.6 is 0 Å². The third-order valence-electron chi connectivity index (χ3n) is 7.24. The molecule has 1 N–H and O–H groups in total. The highest BCUT2D eigenvalue weighted by Crippen LogP contribution is 2.33. The number of nitrogens with zero attached hydrogens (tertiary/aromatic N) is 2. The quantitative estimate of drug-likeness (QED) is 0.410. The minimum atomic E-state index is -3.48. The third kappa shape index (κ3) is 4.76. The molecule has 1 unspecified atom stereocenters. The van der Waals surface area contributed by atoms with Gasteiger partial charge in [-0.25, -0.2) is 8.42 Å². The van der Waals surface area contributed by atoms with E-state index in [2.05, 4.69) is 36.2 Å². The van der Waals surface area contributed by atoms with Crippen LogP contribution in [-0.2, 0) is 16.4 Å². The molecule has 0 fully saturated rings. The van der Waals surface area contributed by atoms with Crippen molar-refractivity contribution in [1.82, 2.24) is 9.29 Å². The van der Waals surface area contributed by atoms with Crippen molar-refractivity contribution in [2.45, 2.75) is 64.7 Å². The highest BCUT2D eigenvalue weighted by Gasteiger charge is 2.27. The van der Waals surface area contributed by atoms with Crippen molar-refractivity contribution >= 4 is 26.6 Å². The Hall–Kier alpha value is -2.64. The summed E-state index contributed by atoms with van der Waals surface area (Å²) in [4.78, 5) is 8.90. The molecular formula is C28H37N3O3S. The van der Waals surface area contributed by atoms with Crippen molar-refractivity contribution < 1.29 is 13.2 Å². The van der Waals surface area contributed by atoms with Gasteiger partial charge in [-0.3, -0.25) is 4.99 Å². The maximum Gasteiger partial charge on any atom is 0.243 e. The Morgan fingerprint density at radius 3 is 2.43 bits per heavy atom. The van der Waals surface area contributed by atoms with Crippen molar-refractivity contribution in [3.05, 3.63) is 58.3 Å². The van der Waals surface area contributed by atoms with Gasteiger partial charge in [0.1, 0.15) is 5.75 Å². The molecule has 7 heteroatoms. The number of aryl methyl sites for hydroxylation is 2. The summed E-state index contributed by atoms with van der Waals surface area (Å²) in [5.41, 5.74) is 7.55. The number of nitrogens with one attached hydrogen (secondary N) is 1. The number of aromatic nitrogens is 1. The van der Waals surface area contributed by atoms with Gasteiger partial charge < -0.3 is 9.72 Å². The van der Waals surface area contributed by atoms with E-state index in [0.29, 0.717) is 18.0 Å². The second-order valence-electron chi connectivity index (χ2n) is 9.48. The van der Waals surface area contributed by atoms with Crippen LogP contribution in [0, 0.1) is 13.8 Å². The lowest BCUT2D eigenvalue weighted by molar-refractivity contribution is 0.415. The molecule has 0 aliphatic carbocycles. The summed E-state index contributed by atoms with van der Waals surface area (Å²) in [5.74, 6) is 1.16. The van der Waals surface area contributed by atoms with E-state index in [1.54, 1.807) is 7.11 Å². The van der Waals surface area contributed by atoms with Gasteiger partial charge in [0.05, 0.1) is 23.4 Å². The minimum Gasteiger partial charge on any atom is -0.497 e. The second-order valence-corrected chi connectivity index (χ2v) is 11.4. The van der Waals surface area contributed by atoms with Crippen LogP contribution in [0.4, 0.5) is 0 Å². The lowest BCUT2D eigenvalue weighted by Crippen LogP contribution is -2.31. The first kappa shape index (κ1) is 25.5. The van der Waals surface area contributed by atoms with E-state index in [1.165, 1.54) is 20.8 Å². The van der Waals surface area contributed by atoms with Crippen molar-refractivity contribution in [1.29, 1.82) is 0 Å². The number of benzene rings is 2. The van der Waals surface area contributed by atoms with E-state index in [1.807, 2.05) is 33.8 Å². The monoisotopic (exact) mass is 495 g/mol. The maximum atomic E-state index is 13.2. The Morgan fingerprint density at radius 2 is 1.80 bits per heavy atom. The van der Waals surface area contributed by atoms with E-state index in [-0.39, 0.29) is 5.92 Å². The molecule has 1 aromatic heterocycles. The summed E-state index contributed by atoms with van der Waals surface area (Å²) >= 11 is 0. The molecule has 2 heterocycles. The third-order valence-corrected chi connectivity index (χ3v) is 9.59. The number of hydrogen-bond acceptors (Lipinski definition) is 4. The van der Waals surface area contributed by atoms with E-state index in [9.17, 15) is 8.42 Å². The standard InChI is InChI=1S/C28H37N3O3S/c1-7-31(8-2)35(32,33)28-19(4)15-21(16-20(28)5)18(3)9-11-26-27-23(13-14-29-26)24-17-22(34-6)10-12-25(24)30-27/h10,12,15-18,30H,7-9,11,13-14H2,1-6H3. The topological polar surface area (TPSA) is 74.8 Å².